The third kappa shape index (κ3) is 11.2. The van der Waals surface area contributed by atoms with Gasteiger partial charge in [0, 0.05) is 41.5 Å². The molecule has 0 amide bonds. The number of hydrogen-bond acceptors (Lipinski definition) is 13. The topological polar surface area (TPSA) is 161 Å². The van der Waals surface area contributed by atoms with Crippen LogP contribution >= 0.6 is 5.39 Å². The monoisotopic (exact) mass is 831 g/mol. The number of allylic oxidation sites excluding steroid dienone is 2. The Labute approximate surface area is 329 Å². The molecule has 18 heteroatoms. The summed E-state index contributed by atoms with van der Waals surface area (Å²) in [5.74, 6) is -3.18. The number of carbonyl (C=O) groups excluding carboxylic acids is 3. The largest absolute Gasteiger partial charge is 0.727 e. The van der Waals surface area contributed by atoms with Gasteiger partial charge in [-0.2, -0.15) is 0 Å². The average molecular weight is 832 g/mol. The van der Waals surface area contributed by atoms with Gasteiger partial charge in [0.25, 0.3) is 5.09 Å². The Morgan fingerprint density at radius 3 is 2.42 bits per heavy atom. The Kier molecular flexibility index (Phi) is 14.5. The number of carbonyl (C=O) groups is 3. The van der Waals surface area contributed by atoms with E-state index in [2.05, 4.69) is 4.84 Å². The zero-order valence-corrected chi connectivity index (χ0v) is 33.1. The fraction of sp³-hybridized carbons (Fsp3) is 0.324. The molecule has 2 aliphatic rings. The average Bonchev–Trinajstić information content (AvgIpc) is 3.40. The van der Waals surface area contributed by atoms with Gasteiger partial charge in [-0.05, 0) is 94.5 Å². The molecule has 0 radical (unpaired) electrons. The van der Waals surface area contributed by atoms with Crippen molar-refractivity contribution in [1.82, 2.24) is 4.67 Å². The van der Waals surface area contributed by atoms with Crippen molar-refractivity contribution in [2.75, 3.05) is 45.8 Å². The van der Waals surface area contributed by atoms with E-state index in [1.165, 1.54) is 24.3 Å². The van der Waals surface area contributed by atoms with Crippen LogP contribution in [0.2, 0.25) is 0 Å². The Balaban J connectivity index is 1.33. The SMILES string of the molecule is CC1=C(CC(=O)OC(COC(=O)CCCO[N+](=O)[O-])C(=O)Oc2ccc(P(=S)([S-])N3CCOCC3)cc2)c2cc(F)ccc2/C1=C\c1ccc(S(C)=O)cc1. The van der Waals surface area contributed by atoms with Gasteiger partial charge >= 0.3 is 17.9 Å². The molecule has 0 aromatic heterocycles. The molecule has 5 rings (SSSR count). The predicted molar refractivity (Wildman–Crippen MR) is 209 cm³/mol. The fourth-order valence-electron chi connectivity index (χ4n) is 5.86. The Bertz CT molecular complexity index is 2070. The van der Waals surface area contributed by atoms with Gasteiger partial charge in [0.15, 0.2) is 0 Å². The van der Waals surface area contributed by atoms with Gasteiger partial charge in [-0.15, -0.1) is 21.9 Å². The molecule has 1 saturated heterocycles. The molecule has 13 nitrogen and oxygen atoms in total. The summed E-state index contributed by atoms with van der Waals surface area (Å²) < 4.78 is 50.2. The second-order valence-electron chi connectivity index (χ2n) is 12.4. The van der Waals surface area contributed by atoms with Crippen molar-refractivity contribution in [3.05, 3.63) is 105 Å². The van der Waals surface area contributed by atoms with Crippen molar-refractivity contribution in [3.8, 4) is 5.75 Å². The lowest BCUT2D eigenvalue weighted by molar-refractivity contribution is -0.757. The third-order valence-corrected chi connectivity index (χ3v) is 14.4. The van der Waals surface area contributed by atoms with Crippen LogP contribution in [0.25, 0.3) is 17.2 Å². The van der Waals surface area contributed by atoms with Crippen LogP contribution in [0.15, 0.2) is 77.2 Å². The molecule has 3 aromatic rings. The van der Waals surface area contributed by atoms with Gasteiger partial charge in [0.1, 0.15) is 18.2 Å². The van der Waals surface area contributed by atoms with Crippen molar-refractivity contribution in [2.24, 2.45) is 0 Å². The molecule has 0 saturated carbocycles. The van der Waals surface area contributed by atoms with Crippen LogP contribution in [0.4, 0.5) is 4.39 Å². The van der Waals surface area contributed by atoms with E-state index in [1.54, 1.807) is 43.5 Å². The van der Waals surface area contributed by atoms with Gasteiger partial charge in [-0.25, -0.2) is 9.18 Å². The fourth-order valence-corrected chi connectivity index (χ4v) is 9.63. The minimum atomic E-state index is -2.51. The first-order chi connectivity index (χ1) is 26.2. The molecule has 1 fully saturated rings. The molecule has 292 valence electrons. The minimum Gasteiger partial charge on any atom is -0.727 e. The van der Waals surface area contributed by atoms with Crippen LogP contribution < -0.4 is 10.0 Å². The van der Waals surface area contributed by atoms with E-state index in [0.717, 1.165) is 16.4 Å². The van der Waals surface area contributed by atoms with Gasteiger partial charge < -0.3 is 36.0 Å². The molecule has 3 aromatic carbocycles. The number of rotatable bonds is 16. The zero-order valence-electron chi connectivity index (χ0n) is 29.8. The quantitative estimate of drug-likeness (QED) is 0.0355. The normalized spacial score (nSPS) is 17.1. The Morgan fingerprint density at radius 1 is 1.07 bits per heavy atom. The second kappa shape index (κ2) is 19.1. The predicted octanol–water partition coefficient (Wildman–Crippen LogP) is 5.14. The highest BCUT2D eigenvalue weighted by molar-refractivity contribution is 8.56. The van der Waals surface area contributed by atoms with E-state index in [0.29, 0.717) is 53.5 Å². The van der Waals surface area contributed by atoms with Crippen molar-refractivity contribution < 1.29 is 51.9 Å². The summed E-state index contributed by atoms with van der Waals surface area (Å²) in [7, 11) is -1.16. The van der Waals surface area contributed by atoms with Crippen LogP contribution in [0.5, 0.6) is 5.75 Å². The molecular formula is C37H37FN2O11PS3-. The van der Waals surface area contributed by atoms with E-state index in [1.807, 2.05) is 22.9 Å². The first-order valence-corrected chi connectivity index (χ1v) is 22.3. The third-order valence-electron chi connectivity index (χ3n) is 8.69. The van der Waals surface area contributed by atoms with E-state index < -0.39 is 57.7 Å². The van der Waals surface area contributed by atoms with Crippen LogP contribution in [-0.2, 0) is 68.3 Å². The smallest absolute Gasteiger partial charge is 0.356 e. The van der Waals surface area contributed by atoms with Crippen molar-refractivity contribution in [3.63, 3.8) is 0 Å². The van der Waals surface area contributed by atoms with E-state index in [-0.39, 0.29) is 31.6 Å². The summed E-state index contributed by atoms with van der Waals surface area (Å²) in [5.41, 5.74) is 3.80. The maximum Gasteiger partial charge on any atom is 0.356 e. The van der Waals surface area contributed by atoms with Gasteiger partial charge in [0.2, 0.25) is 6.10 Å². The lowest BCUT2D eigenvalue weighted by Gasteiger charge is -2.43. The highest BCUT2D eigenvalue weighted by Crippen LogP contribution is 2.47. The number of halogens is 1. The number of hydrogen-bond donors (Lipinski definition) is 0. The summed E-state index contributed by atoms with van der Waals surface area (Å²) in [5, 5.41) is 7.62. The van der Waals surface area contributed by atoms with E-state index in [4.69, 9.17) is 43.0 Å². The van der Waals surface area contributed by atoms with Gasteiger partial charge in [0.05, 0.1) is 26.2 Å². The zero-order chi connectivity index (χ0) is 39.7. The standard InChI is InChI=1S/C37H38FN2O11PS3/c1-24-31(20-25-5-12-29(13-6-25)55(2)46)30-14-7-26(38)21-33(30)32(24)22-36(42)51-34(23-48-35(41)4-3-17-49-40(44)45)37(43)50-27-8-10-28(11-9-27)52(53,54)39-15-18-47-19-16-39/h5-14,20-21,34H,3-4,15-19,22-23H2,1-2H3,(H,53,54)/p-1/b31-20-. The van der Waals surface area contributed by atoms with Crippen molar-refractivity contribution in [2.45, 2.75) is 37.2 Å². The Morgan fingerprint density at radius 2 is 1.76 bits per heavy atom. The van der Waals surface area contributed by atoms with Gasteiger partial charge in [-0.3, -0.25) is 18.5 Å². The van der Waals surface area contributed by atoms with Crippen molar-refractivity contribution >= 4 is 80.7 Å². The number of benzene rings is 3. The first-order valence-electron chi connectivity index (χ1n) is 17.0. The first kappa shape index (κ1) is 41.9. The summed E-state index contributed by atoms with van der Waals surface area (Å²) in [6, 6.07) is 17.7. The Hall–Kier alpha value is -4.25. The maximum absolute atomic E-state index is 14.6. The summed E-state index contributed by atoms with van der Waals surface area (Å²) in [4.78, 5) is 54.7. The number of esters is 3. The summed E-state index contributed by atoms with van der Waals surface area (Å²) in [6.45, 7) is 2.99. The van der Waals surface area contributed by atoms with E-state index in [9.17, 15) is 33.1 Å². The lowest BCUT2D eigenvalue weighted by Crippen LogP contribution is -2.36. The van der Waals surface area contributed by atoms with Crippen LogP contribution in [-0.4, -0.2) is 83.8 Å². The van der Waals surface area contributed by atoms with Crippen LogP contribution in [0.3, 0.4) is 0 Å². The number of morpholine rings is 1. The summed E-state index contributed by atoms with van der Waals surface area (Å²) in [6.07, 6.45) is 1.06. The molecule has 0 spiro atoms. The van der Waals surface area contributed by atoms with Crippen molar-refractivity contribution in [1.29, 1.82) is 0 Å². The molecular weight excluding hydrogens is 795 g/mol. The molecule has 0 bridgehead atoms. The maximum atomic E-state index is 14.6. The molecule has 3 unspecified atom stereocenters. The van der Waals surface area contributed by atoms with Crippen LogP contribution in [0, 0.1) is 15.9 Å². The second-order valence-corrected chi connectivity index (χ2v) is 19.7. The molecule has 55 heavy (non-hydrogen) atoms. The highest BCUT2D eigenvalue weighted by atomic mass is 32.9. The van der Waals surface area contributed by atoms with Crippen LogP contribution in [0.1, 0.15) is 42.9 Å². The molecule has 1 aliphatic carbocycles. The number of ether oxygens (including phenoxy) is 4. The molecule has 0 N–H and O–H groups in total. The number of nitrogens with zero attached hydrogens (tertiary/aromatic N) is 2. The highest BCUT2D eigenvalue weighted by Gasteiger charge is 2.31. The molecule has 1 aliphatic heterocycles. The summed E-state index contributed by atoms with van der Waals surface area (Å²) >= 11 is 11.6. The minimum absolute atomic E-state index is 0.0388. The van der Waals surface area contributed by atoms with E-state index >= 15 is 0 Å². The molecule has 3 atom stereocenters. The molecule has 1 heterocycles. The van der Waals surface area contributed by atoms with Gasteiger partial charge in [-0.1, -0.05) is 35.7 Å². The lowest BCUT2D eigenvalue weighted by atomic mass is 10.0. The number of fused-ring (bicyclic) bond motifs is 1.